The number of anilines is 2. The fourth-order valence-electron chi connectivity index (χ4n) is 2.09. The van der Waals surface area contributed by atoms with Crippen molar-refractivity contribution in [1.29, 1.82) is 0 Å². The lowest BCUT2D eigenvalue weighted by Gasteiger charge is -2.10. The number of benzene rings is 1. The van der Waals surface area contributed by atoms with Crippen LogP contribution in [-0.4, -0.2) is 17.4 Å². The molecule has 1 heterocycles. The van der Waals surface area contributed by atoms with Crippen LogP contribution in [-0.2, 0) is 0 Å². The standard InChI is InChI=1S/C18H22BrN3O/c1-12(2)8-9-20-18(23)17-7-5-15(11-21-17)22-16-6-4-14(19)10-13(16)3/h4-7,10-12,22H,8-9H2,1-3H3,(H,20,23). The fourth-order valence-corrected chi connectivity index (χ4v) is 2.57. The van der Waals surface area contributed by atoms with E-state index in [4.69, 9.17) is 0 Å². The van der Waals surface area contributed by atoms with Crippen molar-refractivity contribution in [2.45, 2.75) is 27.2 Å². The third-order valence-corrected chi connectivity index (χ3v) is 3.96. The third-order valence-electron chi connectivity index (χ3n) is 3.47. The summed E-state index contributed by atoms with van der Waals surface area (Å²) >= 11 is 3.45. The van der Waals surface area contributed by atoms with Crippen LogP contribution in [0.25, 0.3) is 0 Å². The van der Waals surface area contributed by atoms with E-state index in [9.17, 15) is 4.79 Å². The van der Waals surface area contributed by atoms with Gasteiger partial charge < -0.3 is 10.6 Å². The molecular formula is C18H22BrN3O. The van der Waals surface area contributed by atoms with Gasteiger partial charge in [0.25, 0.3) is 5.91 Å². The summed E-state index contributed by atoms with van der Waals surface area (Å²) in [6.45, 7) is 6.98. The molecule has 0 aliphatic rings. The van der Waals surface area contributed by atoms with E-state index in [1.165, 1.54) is 0 Å². The predicted molar refractivity (Wildman–Crippen MR) is 98.2 cm³/mol. The smallest absolute Gasteiger partial charge is 0.269 e. The van der Waals surface area contributed by atoms with Gasteiger partial charge in [-0.05, 0) is 55.2 Å². The Balaban J connectivity index is 1.97. The highest BCUT2D eigenvalue weighted by atomic mass is 79.9. The maximum Gasteiger partial charge on any atom is 0.269 e. The minimum absolute atomic E-state index is 0.128. The van der Waals surface area contributed by atoms with Gasteiger partial charge in [0, 0.05) is 16.7 Å². The molecule has 23 heavy (non-hydrogen) atoms. The first-order valence-electron chi connectivity index (χ1n) is 7.73. The number of halogens is 1. The number of amides is 1. The van der Waals surface area contributed by atoms with Crippen molar-refractivity contribution in [3.63, 3.8) is 0 Å². The van der Waals surface area contributed by atoms with E-state index in [0.29, 0.717) is 18.2 Å². The molecule has 0 atom stereocenters. The first-order valence-corrected chi connectivity index (χ1v) is 8.52. The molecule has 0 radical (unpaired) electrons. The van der Waals surface area contributed by atoms with Crippen molar-refractivity contribution in [2.75, 3.05) is 11.9 Å². The third kappa shape index (κ3) is 5.36. The zero-order valence-electron chi connectivity index (χ0n) is 13.7. The van der Waals surface area contributed by atoms with Crippen molar-refractivity contribution in [3.05, 3.63) is 52.3 Å². The Morgan fingerprint density at radius 1 is 1.26 bits per heavy atom. The summed E-state index contributed by atoms with van der Waals surface area (Å²) in [4.78, 5) is 16.2. The quantitative estimate of drug-likeness (QED) is 0.770. The van der Waals surface area contributed by atoms with Gasteiger partial charge in [-0.15, -0.1) is 0 Å². The van der Waals surface area contributed by atoms with Crippen LogP contribution in [0, 0.1) is 12.8 Å². The lowest BCUT2D eigenvalue weighted by molar-refractivity contribution is 0.0947. The molecule has 2 N–H and O–H groups in total. The van der Waals surface area contributed by atoms with Crippen molar-refractivity contribution in [2.24, 2.45) is 5.92 Å². The molecule has 0 unspecified atom stereocenters. The molecule has 2 rings (SSSR count). The highest BCUT2D eigenvalue weighted by Crippen LogP contribution is 2.23. The minimum Gasteiger partial charge on any atom is -0.354 e. The number of carbonyl (C=O) groups is 1. The summed E-state index contributed by atoms with van der Waals surface area (Å²) < 4.78 is 1.05. The molecule has 0 bridgehead atoms. The second-order valence-corrected chi connectivity index (χ2v) is 6.87. The molecule has 122 valence electrons. The van der Waals surface area contributed by atoms with Gasteiger partial charge in [-0.25, -0.2) is 4.98 Å². The molecule has 0 spiro atoms. The molecule has 2 aromatic rings. The lowest BCUT2D eigenvalue weighted by Crippen LogP contribution is -2.26. The molecule has 0 saturated heterocycles. The highest BCUT2D eigenvalue weighted by Gasteiger charge is 2.07. The molecule has 1 amide bonds. The van der Waals surface area contributed by atoms with E-state index in [1.54, 1.807) is 12.3 Å². The van der Waals surface area contributed by atoms with Crippen molar-refractivity contribution < 1.29 is 4.79 Å². The van der Waals surface area contributed by atoms with Crippen molar-refractivity contribution in [3.8, 4) is 0 Å². The van der Waals surface area contributed by atoms with Gasteiger partial charge in [-0.1, -0.05) is 29.8 Å². The summed E-state index contributed by atoms with van der Waals surface area (Å²) in [6.07, 6.45) is 2.65. The van der Waals surface area contributed by atoms with Crippen LogP contribution in [0.3, 0.4) is 0 Å². The van der Waals surface area contributed by atoms with Crippen LogP contribution in [0.1, 0.15) is 36.3 Å². The highest BCUT2D eigenvalue weighted by molar-refractivity contribution is 9.10. The molecule has 1 aromatic carbocycles. The molecule has 0 aliphatic heterocycles. The average Bonchev–Trinajstić information content (AvgIpc) is 2.50. The summed E-state index contributed by atoms with van der Waals surface area (Å²) in [5.41, 5.74) is 3.44. The summed E-state index contributed by atoms with van der Waals surface area (Å²) in [7, 11) is 0. The van der Waals surface area contributed by atoms with Gasteiger partial charge in [0.1, 0.15) is 5.69 Å². The van der Waals surface area contributed by atoms with Gasteiger partial charge in [-0.2, -0.15) is 0 Å². The number of aromatic nitrogens is 1. The Kier molecular flexibility index (Phi) is 6.16. The molecule has 0 fully saturated rings. The Labute approximate surface area is 145 Å². The Morgan fingerprint density at radius 2 is 2.04 bits per heavy atom. The van der Waals surface area contributed by atoms with Crippen LogP contribution in [0.5, 0.6) is 0 Å². The number of carbonyl (C=O) groups excluding carboxylic acids is 1. The number of nitrogens with one attached hydrogen (secondary N) is 2. The van der Waals surface area contributed by atoms with E-state index < -0.39 is 0 Å². The molecule has 0 saturated carbocycles. The maximum atomic E-state index is 12.0. The minimum atomic E-state index is -0.128. The van der Waals surface area contributed by atoms with Crippen LogP contribution >= 0.6 is 15.9 Å². The van der Waals surface area contributed by atoms with E-state index in [0.717, 1.165) is 27.8 Å². The van der Waals surface area contributed by atoms with Gasteiger partial charge in [0.05, 0.1) is 11.9 Å². The number of rotatable bonds is 6. The van der Waals surface area contributed by atoms with E-state index >= 15 is 0 Å². The largest absolute Gasteiger partial charge is 0.354 e. The number of aryl methyl sites for hydroxylation is 1. The van der Waals surface area contributed by atoms with Crippen LogP contribution in [0.15, 0.2) is 41.0 Å². The predicted octanol–water partition coefficient (Wildman–Crippen LogP) is 4.67. The zero-order valence-corrected chi connectivity index (χ0v) is 15.3. The SMILES string of the molecule is Cc1cc(Br)ccc1Nc1ccc(C(=O)NCCC(C)C)nc1. The van der Waals surface area contributed by atoms with Gasteiger partial charge in [0.2, 0.25) is 0 Å². The molecular weight excluding hydrogens is 354 g/mol. The molecule has 1 aromatic heterocycles. The summed E-state index contributed by atoms with van der Waals surface area (Å²) in [5, 5.41) is 6.20. The van der Waals surface area contributed by atoms with Crippen molar-refractivity contribution >= 4 is 33.2 Å². The van der Waals surface area contributed by atoms with Crippen LogP contribution in [0.2, 0.25) is 0 Å². The Morgan fingerprint density at radius 3 is 2.65 bits per heavy atom. The van der Waals surface area contributed by atoms with E-state index in [1.807, 2.05) is 31.2 Å². The second kappa shape index (κ2) is 8.11. The van der Waals surface area contributed by atoms with Gasteiger partial charge >= 0.3 is 0 Å². The van der Waals surface area contributed by atoms with Crippen LogP contribution < -0.4 is 10.6 Å². The van der Waals surface area contributed by atoms with E-state index in [-0.39, 0.29) is 5.91 Å². The first-order chi connectivity index (χ1) is 11.0. The molecule has 5 heteroatoms. The van der Waals surface area contributed by atoms with Crippen LogP contribution in [0.4, 0.5) is 11.4 Å². The average molecular weight is 376 g/mol. The summed E-state index contributed by atoms with van der Waals surface area (Å²) in [5.74, 6) is 0.445. The lowest BCUT2D eigenvalue weighted by atomic mass is 10.1. The number of hydrogen-bond acceptors (Lipinski definition) is 3. The molecule has 0 aliphatic carbocycles. The zero-order chi connectivity index (χ0) is 16.8. The van der Waals surface area contributed by atoms with Gasteiger partial charge in [-0.3, -0.25) is 4.79 Å². The normalized spacial score (nSPS) is 10.7. The van der Waals surface area contributed by atoms with Crippen molar-refractivity contribution in [1.82, 2.24) is 10.3 Å². The number of pyridine rings is 1. The summed E-state index contributed by atoms with van der Waals surface area (Å²) in [6, 6.07) is 9.64. The maximum absolute atomic E-state index is 12.0. The molecule has 4 nitrogen and oxygen atoms in total. The topological polar surface area (TPSA) is 54.0 Å². The monoisotopic (exact) mass is 375 g/mol. The Bertz CT molecular complexity index is 668. The fraction of sp³-hybridized carbons (Fsp3) is 0.333. The van der Waals surface area contributed by atoms with Gasteiger partial charge in [0.15, 0.2) is 0 Å². The number of hydrogen-bond donors (Lipinski definition) is 2. The number of nitrogens with zero attached hydrogens (tertiary/aromatic N) is 1. The Hall–Kier alpha value is -1.88. The first kappa shape index (κ1) is 17.5. The second-order valence-electron chi connectivity index (χ2n) is 5.95. The van der Waals surface area contributed by atoms with E-state index in [2.05, 4.69) is 45.4 Å².